The number of rotatable bonds is 4. The Bertz CT molecular complexity index is 832. The largest absolute Gasteiger partial charge is 0.453 e. The average Bonchev–Trinajstić information content (AvgIpc) is 3.04. The highest BCUT2D eigenvalue weighted by Gasteiger charge is 2.16. The zero-order chi connectivity index (χ0) is 15.5. The van der Waals surface area contributed by atoms with Crippen LogP contribution in [-0.4, -0.2) is 12.1 Å². The molecular formula is C18H11ClO3. The van der Waals surface area contributed by atoms with Gasteiger partial charge in [-0.25, -0.2) is 0 Å². The predicted octanol–water partition coefficient (Wildman–Crippen LogP) is 4.64. The van der Waals surface area contributed by atoms with E-state index >= 15 is 0 Å². The number of hydrogen-bond donors (Lipinski definition) is 0. The Labute approximate surface area is 132 Å². The summed E-state index contributed by atoms with van der Waals surface area (Å²) in [5.41, 5.74) is 1.70. The van der Waals surface area contributed by atoms with Crippen LogP contribution in [0.25, 0.3) is 11.3 Å². The van der Waals surface area contributed by atoms with Crippen molar-refractivity contribution in [1.29, 1.82) is 0 Å². The first kappa shape index (κ1) is 14.3. The summed E-state index contributed by atoms with van der Waals surface area (Å²) in [6.07, 6.45) is 0.632. The Kier molecular flexibility index (Phi) is 3.90. The summed E-state index contributed by atoms with van der Waals surface area (Å²) >= 11 is 5.85. The summed E-state index contributed by atoms with van der Waals surface area (Å²) in [6, 6.07) is 17.1. The standard InChI is InChI=1S/C18H11ClO3/c19-13-7-5-12(6-8-13)18(21)16-4-2-1-3-15(16)17-10-9-14(11-20)22-17/h1-11H. The summed E-state index contributed by atoms with van der Waals surface area (Å²) < 4.78 is 5.42. The third-order valence-electron chi connectivity index (χ3n) is 3.29. The van der Waals surface area contributed by atoms with Crippen LogP contribution in [0.2, 0.25) is 5.02 Å². The second kappa shape index (κ2) is 6.00. The number of ketones is 1. The lowest BCUT2D eigenvalue weighted by molar-refractivity contribution is 0.103. The number of benzene rings is 2. The molecule has 108 valence electrons. The van der Waals surface area contributed by atoms with Crippen LogP contribution in [0.1, 0.15) is 26.5 Å². The van der Waals surface area contributed by atoms with Crippen molar-refractivity contribution >= 4 is 23.7 Å². The van der Waals surface area contributed by atoms with Crippen molar-refractivity contribution in [3.05, 3.63) is 82.6 Å². The lowest BCUT2D eigenvalue weighted by Crippen LogP contribution is -2.03. The highest BCUT2D eigenvalue weighted by Crippen LogP contribution is 2.27. The Morgan fingerprint density at radius 3 is 2.36 bits per heavy atom. The Morgan fingerprint density at radius 2 is 1.68 bits per heavy atom. The maximum Gasteiger partial charge on any atom is 0.193 e. The molecule has 0 saturated carbocycles. The minimum Gasteiger partial charge on any atom is -0.453 e. The van der Waals surface area contributed by atoms with Crippen molar-refractivity contribution in [1.82, 2.24) is 0 Å². The molecule has 22 heavy (non-hydrogen) atoms. The van der Waals surface area contributed by atoms with Crippen molar-refractivity contribution in [3.8, 4) is 11.3 Å². The van der Waals surface area contributed by atoms with Crippen LogP contribution in [0.5, 0.6) is 0 Å². The fourth-order valence-electron chi connectivity index (χ4n) is 2.21. The van der Waals surface area contributed by atoms with Gasteiger partial charge in [0.2, 0.25) is 0 Å². The van der Waals surface area contributed by atoms with Gasteiger partial charge in [-0.2, -0.15) is 0 Å². The molecule has 2 aromatic carbocycles. The van der Waals surface area contributed by atoms with Crippen LogP contribution in [0.15, 0.2) is 65.1 Å². The van der Waals surface area contributed by atoms with E-state index in [-0.39, 0.29) is 11.5 Å². The van der Waals surface area contributed by atoms with E-state index in [1.807, 2.05) is 6.07 Å². The highest BCUT2D eigenvalue weighted by atomic mass is 35.5. The topological polar surface area (TPSA) is 47.3 Å². The molecule has 0 unspecified atom stereocenters. The van der Waals surface area contributed by atoms with E-state index in [1.54, 1.807) is 54.6 Å². The van der Waals surface area contributed by atoms with Crippen molar-refractivity contribution in [2.75, 3.05) is 0 Å². The number of carbonyl (C=O) groups excluding carboxylic acids is 2. The molecule has 0 aliphatic rings. The van der Waals surface area contributed by atoms with Crippen LogP contribution in [0.3, 0.4) is 0 Å². The molecule has 3 rings (SSSR count). The lowest BCUT2D eigenvalue weighted by Gasteiger charge is -2.06. The van der Waals surface area contributed by atoms with E-state index in [2.05, 4.69) is 0 Å². The smallest absolute Gasteiger partial charge is 0.193 e. The van der Waals surface area contributed by atoms with Crippen LogP contribution in [0, 0.1) is 0 Å². The molecule has 1 aromatic heterocycles. The van der Waals surface area contributed by atoms with Gasteiger partial charge in [0.15, 0.2) is 17.8 Å². The van der Waals surface area contributed by atoms with Crippen molar-refractivity contribution < 1.29 is 14.0 Å². The fraction of sp³-hybridized carbons (Fsp3) is 0. The first-order valence-corrected chi connectivity index (χ1v) is 7.01. The van der Waals surface area contributed by atoms with E-state index in [1.165, 1.54) is 0 Å². The van der Waals surface area contributed by atoms with Crippen molar-refractivity contribution in [2.24, 2.45) is 0 Å². The van der Waals surface area contributed by atoms with Crippen LogP contribution in [0.4, 0.5) is 0 Å². The van der Waals surface area contributed by atoms with E-state index < -0.39 is 0 Å². The van der Waals surface area contributed by atoms with Crippen molar-refractivity contribution in [2.45, 2.75) is 0 Å². The van der Waals surface area contributed by atoms with Gasteiger partial charge in [0.05, 0.1) is 0 Å². The normalized spacial score (nSPS) is 10.4. The molecule has 3 aromatic rings. The van der Waals surface area contributed by atoms with Crippen molar-refractivity contribution in [3.63, 3.8) is 0 Å². The molecule has 0 fully saturated rings. The molecule has 0 saturated heterocycles. The molecule has 0 bridgehead atoms. The van der Waals surface area contributed by atoms with Crippen LogP contribution < -0.4 is 0 Å². The van der Waals surface area contributed by atoms with Gasteiger partial charge in [0.25, 0.3) is 0 Å². The Balaban J connectivity index is 2.06. The van der Waals surface area contributed by atoms with Gasteiger partial charge >= 0.3 is 0 Å². The van der Waals surface area contributed by atoms with Gasteiger partial charge in [-0.15, -0.1) is 0 Å². The summed E-state index contributed by atoms with van der Waals surface area (Å²) in [4.78, 5) is 23.4. The first-order chi connectivity index (χ1) is 10.7. The van der Waals surface area contributed by atoms with Gasteiger partial charge in [-0.05, 0) is 36.4 Å². The Hall–Kier alpha value is -2.65. The van der Waals surface area contributed by atoms with E-state index in [4.69, 9.17) is 16.0 Å². The van der Waals surface area contributed by atoms with E-state index in [9.17, 15) is 9.59 Å². The molecular weight excluding hydrogens is 300 g/mol. The minimum absolute atomic E-state index is 0.128. The van der Waals surface area contributed by atoms with Gasteiger partial charge in [-0.3, -0.25) is 9.59 Å². The van der Waals surface area contributed by atoms with Gasteiger partial charge in [-0.1, -0.05) is 35.9 Å². The predicted molar refractivity (Wildman–Crippen MR) is 84.4 cm³/mol. The van der Waals surface area contributed by atoms with Crippen LogP contribution >= 0.6 is 11.6 Å². The van der Waals surface area contributed by atoms with Gasteiger partial charge in [0, 0.05) is 21.7 Å². The monoisotopic (exact) mass is 310 g/mol. The molecule has 0 aliphatic carbocycles. The fourth-order valence-corrected chi connectivity index (χ4v) is 2.34. The molecule has 0 amide bonds. The summed E-state index contributed by atoms with van der Waals surface area (Å²) in [7, 11) is 0. The number of halogens is 1. The molecule has 0 N–H and O–H groups in total. The second-order valence-corrected chi connectivity index (χ2v) is 5.14. The highest BCUT2D eigenvalue weighted by molar-refractivity contribution is 6.30. The molecule has 0 aliphatic heterocycles. The number of hydrogen-bond acceptors (Lipinski definition) is 3. The summed E-state index contributed by atoms with van der Waals surface area (Å²) in [5.74, 6) is 0.583. The molecule has 0 spiro atoms. The average molecular weight is 311 g/mol. The Morgan fingerprint density at radius 1 is 0.955 bits per heavy atom. The van der Waals surface area contributed by atoms with Crippen LogP contribution in [-0.2, 0) is 0 Å². The minimum atomic E-state index is -0.128. The quantitative estimate of drug-likeness (QED) is 0.521. The molecule has 3 nitrogen and oxygen atoms in total. The number of carbonyl (C=O) groups is 2. The van der Waals surface area contributed by atoms with Gasteiger partial charge < -0.3 is 4.42 Å². The number of aldehydes is 1. The third-order valence-corrected chi connectivity index (χ3v) is 3.54. The SMILES string of the molecule is O=Cc1ccc(-c2ccccc2C(=O)c2ccc(Cl)cc2)o1. The number of furan rings is 1. The maximum atomic E-state index is 12.7. The molecule has 4 heteroatoms. The van der Waals surface area contributed by atoms with E-state index in [0.717, 1.165) is 0 Å². The zero-order valence-electron chi connectivity index (χ0n) is 11.5. The lowest BCUT2D eigenvalue weighted by atomic mass is 9.97. The van der Waals surface area contributed by atoms with Gasteiger partial charge in [0.1, 0.15) is 5.76 Å². The molecule has 0 radical (unpaired) electrons. The summed E-state index contributed by atoms with van der Waals surface area (Å²) in [5, 5.41) is 0.575. The maximum absolute atomic E-state index is 12.7. The zero-order valence-corrected chi connectivity index (χ0v) is 12.2. The molecule has 1 heterocycles. The third kappa shape index (κ3) is 2.71. The second-order valence-electron chi connectivity index (χ2n) is 4.70. The molecule has 0 atom stereocenters. The van der Waals surface area contributed by atoms with E-state index in [0.29, 0.717) is 33.8 Å². The summed E-state index contributed by atoms with van der Waals surface area (Å²) in [6.45, 7) is 0. The first-order valence-electron chi connectivity index (χ1n) is 6.64.